The van der Waals surface area contributed by atoms with Gasteiger partial charge in [-0.15, -0.1) is 12.3 Å². The molecule has 0 unspecified atom stereocenters. The second-order valence-electron chi connectivity index (χ2n) is 6.69. The third-order valence-corrected chi connectivity index (χ3v) is 4.82. The van der Waals surface area contributed by atoms with Crippen LogP contribution in [0.15, 0.2) is 61.2 Å². The van der Waals surface area contributed by atoms with Crippen LogP contribution < -0.4 is 4.74 Å². The Labute approximate surface area is 157 Å². The summed E-state index contributed by atoms with van der Waals surface area (Å²) in [6.45, 7) is 4.18. The molecule has 1 heteroatoms. The van der Waals surface area contributed by atoms with Crippen molar-refractivity contribution >= 4 is 0 Å². The van der Waals surface area contributed by atoms with Gasteiger partial charge in [-0.3, -0.25) is 0 Å². The van der Waals surface area contributed by atoms with E-state index in [1.165, 1.54) is 11.1 Å². The van der Waals surface area contributed by atoms with Gasteiger partial charge in [-0.2, -0.15) is 0 Å². The van der Waals surface area contributed by atoms with Gasteiger partial charge in [-0.25, -0.2) is 0 Å². The Morgan fingerprint density at radius 2 is 1.50 bits per heavy atom. The largest absolute Gasteiger partial charge is 0.490 e. The van der Waals surface area contributed by atoms with Crippen molar-refractivity contribution in [3.8, 4) is 41.1 Å². The third-order valence-electron chi connectivity index (χ3n) is 4.82. The second kappa shape index (κ2) is 8.98. The van der Waals surface area contributed by atoms with Crippen molar-refractivity contribution < 1.29 is 4.74 Å². The van der Waals surface area contributed by atoms with Gasteiger partial charge in [0.05, 0.1) is 0 Å². The molecule has 26 heavy (non-hydrogen) atoms. The van der Waals surface area contributed by atoms with Crippen LogP contribution in [0.5, 0.6) is 5.75 Å². The summed E-state index contributed by atoms with van der Waals surface area (Å²) >= 11 is 0. The monoisotopic (exact) mass is 340 g/mol. The van der Waals surface area contributed by atoms with Gasteiger partial charge in [0.25, 0.3) is 0 Å². The van der Waals surface area contributed by atoms with Crippen LogP contribution in [-0.2, 0) is 0 Å². The predicted molar refractivity (Wildman–Crippen MR) is 109 cm³/mol. The molecule has 2 aromatic carbocycles. The van der Waals surface area contributed by atoms with Crippen molar-refractivity contribution in [2.24, 2.45) is 11.8 Å². The molecule has 0 aliphatic heterocycles. The van der Waals surface area contributed by atoms with Crippen LogP contribution in [-0.4, -0.2) is 6.61 Å². The molecular formula is C25H24O. The van der Waals surface area contributed by atoms with Gasteiger partial charge in [0.2, 0.25) is 0 Å². The smallest absolute Gasteiger partial charge is 0.119 e. The van der Waals surface area contributed by atoms with Crippen LogP contribution in [0.2, 0.25) is 0 Å². The molecule has 0 spiro atoms. The second-order valence-corrected chi connectivity index (χ2v) is 6.69. The highest BCUT2D eigenvalue weighted by Crippen LogP contribution is 2.28. The number of ether oxygens (including phenoxy) is 1. The van der Waals surface area contributed by atoms with E-state index in [1.54, 1.807) is 6.08 Å². The van der Waals surface area contributed by atoms with Crippen LogP contribution in [0, 0.1) is 36.0 Å². The van der Waals surface area contributed by atoms with Crippen LogP contribution in [0.1, 0.15) is 31.2 Å². The van der Waals surface area contributed by atoms with E-state index in [1.807, 2.05) is 12.1 Å². The van der Waals surface area contributed by atoms with Gasteiger partial charge in [-0.1, -0.05) is 48.8 Å². The van der Waals surface area contributed by atoms with Crippen molar-refractivity contribution in [3.05, 3.63) is 66.7 Å². The van der Waals surface area contributed by atoms with Crippen molar-refractivity contribution in [1.82, 2.24) is 0 Å². The fourth-order valence-electron chi connectivity index (χ4n) is 3.23. The normalized spacial score (nSPS) is 18.9. The number of rotatable bonds is 4. The summed E-state index contributed by atoms with van der Waals surface area (Å²) < 4.78 is 5.52. The standard InChI is InChI=1S/C25H24O/c1-3-19-26-25-17-15-24(16-18-25)23-13-11-22(12-14-23)10-9-21-7-5-20(4-2)6-8-21/h2-3,11-18,20-21H,1,5-8,19H2. The van der Waals surface area contributed by atoms with Crippen molar-refractivity contribution in [2.45, 2.75) is 25.7 Å². The zero-order chi connectivity index (χ0) is 18.2. The maximum atomic E-state index is 5.52. The van der Waals surface area contributed by atoms with Crippen LogP contribution >= 0.6 is 0 Å². The summed E-state index contributed by atoms with van der Waals surface area (Å²) in [6.07, 6.45) is 11.7. The minimum absolute atomic E-state index is 0.459. The first-order valence-electron chi connectivity index (χ1n) is 9.20. The van der Waals surface area contributed by atoms with Crippen LogP contribution in [0.3, 0.4) is 0 Å². The van der Waals surface area contributed by atoms with E-state index in [4.69, 9.17) is 11.2 Å². The Hall–Kier alpha value is -2.90. The van der Waals surface area contributed by atoms with Gasteiger partial charge < -0.3 is 4.74 Å². The Bertz CT molecular complexity index is 817. The molecule has 0 heterocycles. The number of hydrogen-bond acceptors (Lipinski definition) is 1. The van der Waals surface area contributed by atoms with E-state index in [-0.39, 0.29) is 0 Å². The average Bonchev–Trinajstić information content (AvgIpc) is 2.72. The Morgan fingerprint density at radius 3 is 2.08 bits per heavy atom. The SMILES string of the molecule is C#CC1CCC(C#Cc2ccc(-c3ccc(OCC=C)cc3)cc2)CC1. The molecule has 0 bridgehead atoms. The summed E-state index contributed by atoms with van der Waals surface area (Å²) in [5, 5.41) is 0. The van der Waals surface area contributed by atoms with Gasteiger partial charge in [0.15, 0.2) is 0 Å². The zero-order valence-corrected chi connectivity index (χ0v) is 15.1. The minimum Gasteiger partial charge on any atom is -0.490 e. The lowest BCUT2D eigenvalue weighted by atomic mass is 9.83. The molecule has 0 N–H and O–H groups in total. The maximum absolute atomic E-state index is 5.52. The van der Waals surface area contributed by atoms with E-state index >= 15 is 0 Å². The highest BCUT2D eigenvalue weighted by molar-refractivity contribution is 5.65. The first kappa shape index (κ1) is 17.9. The molecule has 1 aliphatic rings. The van der Waals surface area contributed by atoms with Crippen molar-refractivity contribution in [2.75, 3.05) is 6.61 Å². The van der Waals surface area contributed by atoms with E-state index in [0.717, 1.165) is 37.0 Å². The summed E-state index contributed by atoms with van der Waals surface area (Å²) in [4.78, 5) is 0. The predicted octanol–water partition coefficient (Wildman–Crippen LogP) is 5.71. The molecule has 0 radical (unpaired) electrons. The third kappa shape index (κ3) is 4.81. The van der Waals surface area contributed by atoms with E-state index in [2.05, 4.69) is 60.7 Å². The molecule has 3 rings (SSSR count). The zero-order valence-electron chi connectivity index (χ0n) is 15.1. The highest BCUT2D eigenvalue weighted by Gasteiger charge is 2.17. The molecule has 1 nitrogen and oxygen atoms in total. The molecule has 2 aromatic rings. The summed E-state index contributed by atoms with van der Waals surface area (Å²) in [5.74, 6) is 11.4. The van der Waals surface area contributed by atoms with E-state index in [9.17, 15) is 0 Å². The lowest BCUT2D eigenvalue weighted by molar-refractivity contribution is 0.363. The van der Waals surface area contributed by atoms with E-state index < -0.39 is 0 Å². The molecule has 1 saturated carbocycles. The summed E-state index contributed by atoms with van der Waals surface area (Å²) in [5.41, 5.74) is 3.42. The molecule has 0 saturated heterocycles. The Kier molecular flexibility index (Phi) is 6.19. The average molecular weight is 340 g/mol. The lowest BCUT2D eigenvalue weighted by Crippen LogP contribution is -2.11. The first-order valence-corrected chi connectivity index (χ1v) is 9.20. The molecule has 1 fully saturated rings. The summed E-state index contributed by atoms with van der Waals surface area (Å²) in [6, 6.07) is 16.6. The van der Waals surface area contributed by atoms with Gasteiger partial charge in [-0.05, 0) is 61.1 Å². The summed E-state index contributed by atoms with van der Waals surface area (Å²) in [7, 11) is 0. The molecule has 0 amide bonds. The van der Waals surface area contributed by atoms with Gasteiger partial charge in [0.1, 0.15) is 12.4 Å². The fourth-order valence-corrected chi connectivity index (χ4v) is 3.23. The minimum atomic E-state index is 0.459. The van der Waals surface area contributed by atoms with Crippen LogP contribution in [0.25, 0.3) is 11.1 Å². The molecule has 130 valence electrons. The van der Waals surface area contributed by atoms with Crippen molar-refractivity contribution in [1.29, 1.82) is 0 Å². The highest BCUT2D eigenvalue weighted by atomic mass is 16.5. The Morgan fingerprint density at radius 1 is 0.923 bits per heavy atom. The maximum Gasteiger partial charge on any atom is 0.119 e. The lowest BCUT2D eigenvalue weighted by Gasteiger charge is -2.21. The Balaban J connectivity index is 1.61. The first-order chi connectivity index (χ1) is 12.8. The molecule has 0 atom stereocenters. The van der Waals surface area contributed by atoms with E-state index in [0.29, 0.717) is 18.4 Å². The van der Waals surface area contributed by atoms with Gasteiger partial charge in [0, 0.05) is 17.4 Å². The number of benzene rings is 2. The number of hydrogen-bond donors (Lipinski definition) is 0. The molecular weight excluding hydrogens is 316 g/mol. The quantitative estimate of drug-likeness (QED) is 0.512. The molecule has 1 aliphatic carbocycles. The molecule has 0 aromatic heterocycles. The van der Waals surface area contributed by atoms with Crippen molar-refractivity contribution in [3.63, 3.8) is 0 Å². The van der Waals surface area contributed by atoms with Gasteiger partial charge >= 0.3 is 0 Å². The number of terminal acetylenes is 1. The van der Waals surface area contributed by atoms with Crippen LogP contribution in [0.4, 0.5) is 0 Å². The fraction of sp³-hybridized carbons (Fsp3) is 0.280. The topological polar surface area (TPSA) is 9.23 Å².